The van der Waals surface area contributed by atoms with Gasteiger partial charge in [0.15, 0.2) is 0 Å². The van der Waals surface area contributed by atoms with Crippen LogP contribution in [-0.4, -0.2) is 56.9 Å². The van der Waals surface area contributed by atoms with Crippen molar-refractivity contribution < 1.29 is 23.8 Å². The van der Waals surface area contributed by atoms with Crippen LogP contribution in [0.1, 0.15) is 12.0 Å². The maximum absolute atomic E-state index is 12.3. The number of carbonyl (C=O) groups excluding carboxylic acids is 2. The van der Waals surface area contributed by atoms with E-state index in [0.29, 0.717) is 39.3 Å². The molecule has 24 heavy (non-hydrogen) atoms. The summed E-state index contributed by atoms with van der Waals surface area (Å²) in [7, 11) is 1.61. The molecule has 1 fully saturated rings. The van der Waals surface area contributed by atoms with Crippen molar-refractivity contribution in [3.63, 3.8) is 0 Å². The number of rotatable bonds is 5. The van der Waals surface area contributed by atoms with Crippen molar-refractivity contribution in [1.82, 2.24) is 10.2 Å². The topological polar surface area (TPSA) is 77.1 Å². The maximum Gasteiger partial charge on any atom is 0.409 e. The van der Waals surface area contributed by atoms with Gasteiger partial charge in [-0.2, -0.15) is 0 Å². The minimum Gasteiger partial charge on any atom is -0.497 e. The molecule has 1 aromatic carbocycles. The summed E-state index contributed by atoms with van der Waals surface area (Å²) in [6, 6.07) is 5.63. The van der Waals surface area contributed by atoms with E-state index >= 15 is 0 Å². The molecule has 2 amide bonds. The van der Waals surface area contributed by atoms with Crippen LogP contribution in [0.25, 0.3) is 0 Å². The van der Waals surface area contributed by atoms with Gasteiger partial charge < -0.3 is 24.4 Å². The Hall–Kier alpha value is -2.44. The van der Waals surface area contributed by atoms with Crippen LogP contribution < -0.4 is 14.8 Å². The highest BCUT2D eigenvalue weighted by molar-refractivity contribution is 5.79. The second-order valence-electron chi connectivity index (χ2n) is 5.93. The van der Waals surface area contributed by atoms with Gasteiger partial charge in [0.05, 0.1) is 19.6 Å². The third kappa shape index (κ3) is 3.72. The number of benzene rings is 1. The average molecular weight is 334 g/mol. The summed E-state index contributed by atoms with van der Waals surface area (Å²) in [5.74, 6) is 1.24. The summed E-state index contributed by atoms with van der Waals surface area (Å²) in [5.41, 5.74) is 1.00. The number of hydrogen-bond donors (Lipinski definition) is 1. The monoisotopic (exact) mass is 334 g/mol. The van der Waals surface area contributed by atoms with Crippen LogP contribution in [0.2, 0.25) is 0 Å². The Kier molecular flexibility index (Phi) is 5.08. The van der Waals surface area contributed by atoms with Gasteiger partial charge in [-0.1, -0.05) is 6.07 Å². The van der Waals surface area contributed by atoms with E-state index < -0.39 is 0 Å². The van der Waals surface area contributed by atoms with Crippen LogP contribution in [0.3, 0.4) is 0 Å². The van der Waals surface area contributed by atoms with E-state index in [1.165, 1.54) is 0 Å². The Morgan fingerprint density at radius 3 is 3.08 bits per heavy atom. The largest absolute Gasteiger partial charge is 0.497 e. The van der Waals surface area contributed by atoms with Gasteiger partial charge in [-0.05, 0) is 24.5 Å². The lowest BCUT2D eigenvalue weighted by Gasteiger charge is -2.27. The number of hydrogen-bond acceptors (Lipinski definition) is 5. The molecule has 1 saturated heterocycles. The highest BCUT2D eigenvalue weighted by atomic mass is 16.6. The smallest absolute Gasteiger partial charge is 0.409 e. The molecule has 0 aromatic heterocycles. The Bertz CT molecular complexity index is 619. The van der Waals surface area contributed by atoms with Crippen LogP contribution in [0.4, 0.5) is 4.79 Å². The van der Waals surface area contributed by atoms with Gasteiger partial charge in [0, 0.05) is 25.7 Å². The normalized spacial score (nSPS) is 19.8. The van der Waals surface area contributed by atoms with Gasteiger partial charge in [-0.3, -0.25) is 4.79 Å². The third-order valence-electron chi connectivity index (χ3n) is 4.29. The fraction of sp³-hybridized carbons (Fsp3) is 0.529. The fourth-order valence-corrected chi connectivity index (χ4v) is 2.91. The first kappa shape index (κ1) is 16.4. The van der Waals surface area contributed by atoms with Gasteiger partial charge >= 0.3 is 6.09 Å². The Morgan fingerprint density at radius 1 is 1.42 bits per heavy atom. The van der Waals surface area contributed by atoms with Crippen LogP contribution in [0, 0.1) is 5.92 Å². The van der Waals surface area contributed by atoms with Crippen LogP contribution in [-0.2, 0) is 16.0 Å². The van der Waals surface area contributed by atoms with Crippen molar-refractivity contribution in [3.8, 4) is 11.5 Å². The van der Waals surface area contributed by atoms with Crippen molar-refractivity contribution in [2.45, 2.75) is 12.8 Å². The molecule has 0 radical (unpaired) electrons. The average Bonchev–Trinajstić information content (AvgIpc) is 2.62. The summed E-state index contributed by atoms with van der Waals surface area (Å²) in [6.45, 7) is 2.38. The van der Waals surface area contributed by atoms with Crippen LogP contribution >= 0.6 is 0 Å². The number of ether oxygens (including phenoxy) is 3. The molecule has 7 nitrogen and oxygen atoms in total. The van der Waals surface area contributed by atoms with E-state index in [0.717, 1.165) is 23.5 Å². The first-order valence-corrected chi connectivity index (χ1v) is 8.16. The zero-order valence-corrected chi connectivity index (χ0v) is 13.7. The Morgan fingerprint density at radius 2 is 2.29 bits per heavy atom. The molecule has 0 aliphatic carbocycles. The Balaban J connectivity index is 1.48. The maximum atomic E-state index is 12.3. The molecule has 2 aliphatic rings. The highest BCUT2D eigenvalue weighted by Crippen LogP contribution is 2.30. The second kappa shape index (κ2) is 7.42. The molecular formula is C17H22N2O5. The molecular weight excluding hydrogens is 312 g/mol. The molecule has 2 aliphatic heterocycles. The summed E-state index contributed by atoms with van der Waals surface area (Å²) in [5, 5.41) is 2.88. The molecule has 1 N–H and O–H groups in total. The van der Waals surface area contributed by atoms with Crippen LogP contribution in [0.15, 0.2) is 18.2 Å². The van der Waals surface area contributed by atoms with Crippen molar-refractivity contribution >= 4 is 12.0 Å². The zero-order chi connectivity index (χ0) is 16.9. The molecule has 0 bridgehead atoms. The molecule has 7 heteroatoms. The number of cyclic esters (lactones) is 1. The summed E-state index contributed by atoms with van der Waals surface area (Å²) < 4.78 is 15.8. The third-order valence-corrected chi connectivity index (χ3v) is 4.29. The fourth-order valence-electron chi connectivity index (χ4n) is 2.91. The first-order chi connectivity index (χ1) is 11.7. The molecule has 0 unspecified atom stereocenters. The predicted molar refractivity (Wildman–Crippen MR) is 86.2 cm³/mol. The van der Waals surface area contributed by atoms with Crippen molar-refractivity contribution in [1.29, 1.82) is 0 Å². The van der Waals surface area contributed by atoms with E-state index in [1.807, 2.05) is 18.2 Å². The van der Waals surface area contributed by atoms with E-state index in [-0.39, 0.29) is 17.9 Å². The zero-order valence-electron chi connectivity index (χ0n) is 13.7. The van der Waals surface area contributed by atoms with Gasteiger partial charge in [0.25, 0.3) is 0 Å². The molecule has 3 rings (SSSR count). The summed E-state index contributed by atoms with van der Waals surface area (Å²) in [4.78, 5) is 25.4. The Labute approximate surface area is 140 Å². The first-order valence-electron chi connectivity index (χ1n) is 8.16. The van der Waals surface area contributed by atoms with E-state index in [1.54, 1.807) is 12.0 Å². The second-order valence-corrected chi connectivity index (χ2v) is 5.93. The van der Waals surface area contributed by atoms with Gasteiger partial charge in [-0.25, -0.2) is 4.79 Å². The van der Waals surface area contributed by atoms with Gasteiger partial charge in [-0.15, -0.1) is 0 Å². The van der Waals surface area contributed by atoms with Gasteiger partial charge in [0.1, 0.15) is 18.1 Å². The van der Waals surface area contributed by atoms with E-state index in [9.17, 15) is 9.59 Å². The van der Waals surface area contributed by atoms with E-state index in [4.69, 9.17) is 14.2 Å². The molecule has 1 aromatic rings. The molecule has 2 heterocycles. The minimum atomic E-state index is -0.306. The SMILES string of the molecule is COc1ccc2c(c1)OC[C@H](C(=O)NCCN1CCCOC1=O)C2. The summed E-state index contributed by atoms with van der Waals surface area (Å²) in [6.07, 6.45) is 1.16. The lowest BCUT2D eigenvalue weighted by Crippen LogP contribution is -2.44. The van der Waals surface area contributed by atoms with Crippen molar-refractivity contribution in [3.05, 3.63) is 23.8 Å². The minimum absolute atomic E-state index is 0.0538. The van der Waals surface area contributed by atoms with Crippen molar-refractivity contribution in [2.75, 3.05) is 40.0 Å². The lowest BCUT2D eigenvalue weighted by atomic mass is 9.96. The molecule has 1 atom stereocenters. The number of nitrogens with one attached hydrogen (secondary N) is 1. The van der Waals surface area contributed by atoms with Crippen LogP contribution in [0.5, 0.6) is 11.5 Å². The van der Waals surface area contributed by atoms with E-state index in [2.05, 4.69) is 5.32 Å². The van der Waals surface area contributed by atoms with Gasteiger partial charge in [0.2, 0.25) is 5.91 Å². The quantitative estimate of drug-likeness (QED) is 0.876. The highest BCUT2D eigenvalue weighted by Gasteiger charge is 2.26. The standard InChI is InChI=1S/C17H22N2O5/c1-22-14-4-3-12-9-13(11-24-15(12)10-14)16(20)18-5-7-19-6-2-8-23-17(19)21/h3-4,10,13H,2,5-9,11H2,1H3,(H,18,20)/t13-/m1/s1. The molecule has 0 spiro atoms. The predicted octanol–water partition coefficient (Wildman–Crippen LogP) is 1.20. The number of amides is 2. The number of carbonyl (C=O) groups is 2. The summed E-state index contributed by atoms with van der Waals surface area (Å²) >= 11 is 0. The lowest BCUT2D eigenvalue weighted by molar-refractivity contribution is -0.126. The number of fused-ring (bicyclic) bond motifs is 1. The number of nitrogens with zero attached hydrogens (tertiary/aromatic N) is 1. The molecule has 130 valence electrons. The number of methoxy groups -OCH3 is 1. The van der Waals surface area contributed by atoms with Crippen molar-refractivity contribution in [2.24, 2.45) is 5.92 Å². The molecule has 0 saturated carbocycles.